The molecule has 0 atom stereocenters. The Morgan fingerprint density at radius 3 is 2.45 bits per heavy atom. The Balaban J connectivity index is 2.16. The maximum atomic E-state index is 10.9. The molecule has 0 radical (unpaired) electrons. The van der Waals surface area contributed by atoms with Crippen LogP contribution < -0.4 is 10.6 Å². The summed E-state index contributed by atoms with van der Waals surface area (Å²) in [4.78, 5) is 19.2. The van der Waals surface area contributed by atoms with Gasteiger partial charge in [-0.05, 0) is 37.3 Å². The lowest BCUT2D eigenvalue weighted by molar-refractivity contribution is -0.114. The summed E-state index contributed by atoms with van der Waals surface area (Å²) in [5, 5.41) is 14.6. The van der Waals surface area contributed by atoms with Gasteiger partial charge in [0, 0.05) is 24.0 Å². The molecule has 1 heterocycles. The maximum Gasteiger partial charge on any atom is 0.228 e. The van der Waals surface area contributed by atoms with Gasteiger partial charge in [-0.3, -0.25) is 4.79 Å². The molecule has 0 aliphatic heterocycles. The summed E-state index contributed by atoms with van der Waals surface area (Å²) in [7, 11) is 0. The Kier molecular flexibility index (Phi) is 3.91. The van der Waals surface area contributed by atoms with Crippen molar-refractivity contribution in [3.8, 4) is 6.07 Å². The largest absolute Gasteiger partial charge is 0.326 e. The molecule has 0 unspecified atom stereocenters. The highest BCUT2D eigenvalue weighted by atomic mass is 16.1. The average molecular weight is 267 g/mol. The van der Waals surface area contributed by atoms with Gasteiger partial charge in [-0.1, -0.05) is 0 Å². The third kappa shape index (κ3) is 3.53. The van der Waals surface area contributed by atoms with E-state index in [9.17, 15) is 4.79 Å². The molecule has 1 aromatic carbocycles. The molecule has 100 valence electrons. The molecule has 0 saturated carbocycles. The molecular weight excluding hydrogens is 254 g/mol. The van der Waals surface area contributed by atoms with Crippen LogP contribution in [0.3, 0.4) is 0 Å². The predicted octanol–water partition coefficient (Wildman–Crippen LogP) is 2.36. The van der Waals surface area contributed by atoms with Gasteiger partial charge < -0.3 is 10.6 Å². The fourth-order valence-electron chi connectivity index (χ4n) is 1.65. The van der Waals surface area contributed by atoms with Gasteiger partial charge in [0.15, 0.2) is 0 Å². The monoisotopic (exact) mass is 267 g/mol. The third-order valence-corrected chi connectivity index (χ3v) is 2.43. The molecule has 1 aromatic heterocycles. The van der Waals surface area contributed by atoms with Crippen molar-refractivity contribution in [3.63, 3.8) is 0 Å². The fraction of sp³-hybridized carbons (Fsp3) is 0.143. The Morgan fingerprint density at radius 2 is 1.85 bits per heavy atom. The van der Waals surface area contributed by atoms with Crippen molar-refractivity contribution in [1.29, 1.82) is 5.26 Å². The van der Waals surface area contributed by atoms with Gasteiger partial charge in [0.2, 0.25) is 11.9 Å². The Morgan fingerprint density at radius 1 is 1.20 bits per heavy atom. The first-order chi connectivity index (χ1) is 9.56. The summed E-state index contributed by atoms with van der Waals surface area (Å²) in [6.07, 6.45) is 0. The lowest BCUT2D eigenvalue weighted by Gasteiger charge is -2.07. The standard InChI is InChI=1S/C14H13N5O/c1-9-7-13(8-15)19-14(16-9)18-12-5-3-11(4-6-12)17-10(2)20/h3-7H,1-2H3,(H,17,20)(H,16,18,19). The number of rotatable bonds is 3. The molecule has 6 heteroatoms. The number of aryl methyl sites for hydroxylation is 1. The van der Waals surface area contributed by atoms with Crippen molar-refractivity contribution in [1.82, 2.24) is 9.97 Å². The van der Waals surface area contributed by atoms with E-state index in [1.54, 1.807) is 37.3 Å². The summed E-state index contributed by atoms with van der Waals surface area (Å²) in [5.74, 6) is 0.250. The Hall–Kier alpha value is -2.94. The van der Waals surface area contributed by atoms with Crippen molar-refractivity contribution in [2.45, 2.75) is 13.8 Å². The molecule has 0 fully saturated rings. The van der Waals surface area contributed by atoms with Gasteiger partial charge in [0.25, 0.3) is 0 Å². The number of hydrogen-bond donors (Lipinski definition) is 2. The van der Waals surface area contributed by atoms with E-state index in [-0.39, 0.29) is 5.91 Å². The number of nitriles is 1. The molecule has 2 rings (SSSR count). The second-order valence-electron chi connectivity index (χ2n) is 4.21. The molecule has 20 heavy (non-hydrogen) atoms. The van der Waals surface area contributed by atoms with E-state index < -0.39 is 0 Å². The predicted molar refractivity (Wildman–Crippen MR) is 75.5 cm³/mol. The van der Waals surface area contributed by atoms with Crippen LogP contribution >= 0.6 is 0 Å². The van der Waals surface area contributed by atoms with Crippen LogP contribution in [0.15, 0.2) is 30.3 Å². The number of benzene rings is 1. The number of aromatic nitrogens is 2. The number of nitrogens with zero attached hydrogens (tertiary/aromatic N) is 3. The summed E-state index contributed by atoms with van der Waals surface area (Å²) >= 11 is 0. The van der Waals surface area contributed by atoms with E-state index in [1.807, 2.05) is 6.07 Å². The summed E-state index contributed by atoms with van der Waals surface area (Å²) < 4.78 is 0. The topological polar surface area (TPSA) is 90.7 Å². The molecule has 0 aliphatic carbocycles. The first-order valence-corrected chi connectivity index (χ1v) is 5.97. The molecule has 0 bridgehead atoms. The van der Waals surface area contributed by atoms with Crippen molar-refractivity contribution >= 4 is 23.2 Å². The van der Waals surface area contributed by atoms with Gasteiger partial charge >= 0.3 is 0 Å². The van der Waals surface area contributed by atoms with Crippen LogP contribution in [0.25, 0.3) is 0 Å². The molecule has 2 N–H and O–H groups in total. The van der Waals surface area contributed by atoms with Gasteiger partial charge in [-0.25, -0.2) is 9.97 Å². The van der Waals surface area contributed by atoms with Crippen molar-refractivity contribution in [2.24, 2.45) is 0 Å². The number of carbonyl (C=O) groups is 1. The third-order valence-electron chi connectivity index (χ3n) is 2.43. The van der Waals surface area contributed by atoms with Crippen LogP contribution in [-0.4, -0.2) is 15.9 Å². The van der Waals surface area contributed by atoms with Crippen molar-refractivity contribution in [3.05, 3.63) is 41.7 Å². The van der Waals surface area contributed by atoms with E-state index in [4.69, 9.17) is 5.26 Å². The zero-order valence-corrected chi connectivity index (χ0v) is 11.1. The number of amides is 1. The summed E-state index contributed by atoms with van der Waals surface area (Å²) in [6.45, 7) is 3.25. The maximum absolute atomic E-state index is 10.9. The SMILES string of the molecule is CC(=O)Nc1ccc(Nc2nc(C)cc(C#N)n2)cc1. The van der Waals surface area contributed by atoms with Gasteiger partial charge in [0.05, 0.1) is 0 Å². The number of hydrogen-bond acceptors (Lipinski definition) is 5. The second kappa shape index (κ2) is 5.80. The minimum atomic E-state index is -0.119. The van der Waals surface area contributed by atoms with Crippen LogP contribution in [0.4, 0.5) is 17.3 Å². The van der Waals surface area contributed by atoms with Crippen molar-refractivity contribution < 1.29 is 4.79 Å². The number of carbonyl (C=O) groups excluding carboxylic acids is 1. The normalized spacial score (nSPS) is 9.65. The van der Waals surface area contributed by atoms with Gasteiger partial charge in [-0.15, -0.1) is 0 Å². The first-order valence-electron chi connectivity index (χ1n) is 5.97. The molecule has 0 saturated heterocycles. The van der Waals surface area contributed by atoms with Gasteiger partial charge in [-0.2, -0.15) is 5.26 Å². The zero-order chi connectivity index (χ0) is 14.5. The van der Waals surface area contributed by atoms with E-state index in [2.05, 4.69) is 20.6 Å². The van der Waals surface area contributed by atoms with E-state index in [1.165, 1.54) is 6.92 Å². The molecule has 0 spiro atoms. The Bertz CT molecular complexity index is 673. The van der Waals surface area contributed by atoms with Crippen LogP contribution in [-0.2, 0) is 4.79 Å². The average Bonchev–Trinajstić information content (AvgIpc) is 2.39. The summed E-state index contributed by atoms with van der Waals surface area (Å²) in [6, 6.07) is 10.7. The fourth-order valence-corrected chi connectivity index (χ4v) is 1.65. The van der Waals surface area contributed by atoms with Crippen LogP contribution in [0.2, 0.25) is 0 Å². The zero-order valence-electron chi connectivity index (χ0n) is 11.1. The molecule has 2 aromatic rings. The summed E-state index contributed by atoms with van der Waals surface area (Å²) in [5.41, 5.74) is 2.52. The smallest absolute Gasteiger partial charge is 0.228 e. The highest BCUT2D eigenvalue weighted by Crippen LogP contribution is 2.17. The molecule has 6 nitrogen and oxygen atoms in total. The number of nitrogens with one attached hydrogen (secondary N) is 2. The number of anilines is 3. The first kappa shape index (κ1) is 13.5. The minimum Gasteiger partial charge on any atom is -0.326 e. The van der Waals surface area contributed by atoms with Gasteiger partial charge in [0.1, 0.15) is 11.8 Å². The highest BCUT2D eigenvalue weighted by Gasteiger charge is 2.02. The lowest BCUT2D eigenvalue weighted by atomic mass is 10.3. The van der Waals surface area contributed by atoms with Crippen LogP contribution in [0.1, 0.15) is 18.3 Å². The minimum absolute atomic E-state index is 0.119. The molecule has 1 amide bonds. The van der Waals surface area contributed by atoms with Crippen molar-refractivity contribution in [2.75, 3.05) is 10.6 Å². The highest BCUT2D eigenvalue weighted by molar-refractivity contribution is 5.88. The molecule has 0 aliphatic rings. The second-order valence-corrected chi connectivity index (χ2v) is 4.21. The van der Waals surface area contributed by atoms with E-state index >= 15 is 0 Å². The van der Waals surface area contributed by atoms with E-state index in [0.29, 0.717) is 23.0 Å². The quantitative estimate of drug-likeness (QED) is 0.890. The van der Waals surface area contributed by atoms with Crippen LogP contribution in [0, 0.1) is 18.3 Å². The van der Waals surface area contributed by atoms with E-state index in [0.717, 1.165) is 5.69 Å². The molecular formula is C14H13N5O. The Labute approximate surface area is 116 Å². The lowest BCUT2D eigenvalue weighted by Crippen LogP contribution is -2.05. The van der Waals surface area contributed by atoms with Crippen LogP contribution in [0.5, 0.6) is 0 Å².